The fraction of sp³-hybridized carbons (Fsp3) is 0.182. The summed E-state index contributed by atoms with van der Waals surface area (Å²) in [4.78, 5) is 11.1. The zero-order chi connectivity index (χ0) is 12.9. The molecule has 0 aromatic heterocycles. The van der Waals surface area contributed by atoms with Crippen molar-refractivity contribution in [1.29, 1.82) is 0 Å². The minimum Gasteiger partial charge on any atom is -0.463 e. The number of hydrogen-bond acceptors (Lipinski definition) is 4. The highest BCUT2D eigenvalue weighted by molar-refractivity contribution is 9.10. The number of carbonyl (C=O) groups is 1. The maximum absolute atomic E-state index is 11.7. The first-order valence-electron chi connectivity index (χ1n) is 4.81. The summed E-state index contributed by atoms with van der Waals surface area (Å²) in [7, 11) is -3.59. The van der Waals surface area contributed by atoms with E-state index >= 15 is 0 Å². The lowest BCUT2D eigenvalue weighted by molar-refractivity contribution is -0.137. The van der Waals surface area contributed by atoms with Gasteiger partial charge in [-0.25, -0.2) is 13.2 Å². The summed E-state index contributed by atoms with van der Waals surface area (Å²) in [6.45, 7) is 1.86. The van der Waals surface area contributed by atoms with Crippen LogP contribution in [-0.4, -0.2) is 21.0 Å². The fourth-order valence-corrected chi connectivity index (χ4v) is 2.27. The second-order valence-corrected chi connectivity index (χ2v) is 5.80. The third-order valence-corrected chi connectivity index (χ3v) is 3.76. The Bertz CT molecular complexity index is 517. The van der Waals surface area contributed by atoms with Gasteiger partial charge in [-0.05, 0) is 31.2 Å². The van der Waals surface area contributed by atoms with Crippen LogP contribution in [0.2, 0.25) is 0 Å². The van der Waals surface area contributed by atoms with Crippen LogP contribution < -0.4 is 0 Å². The lowest BCUT2D eigenvalue weighted by Gasteiger charge is -1.99. The summed E-state index contributed by atoms with van der Waals surface area (Å²) < 4.78 is 28.9. The van der Waals surface area contributed by atoms with Crippen molar-refractivity contribution in [3.05, 3.63) is 40.2 Å². The monoisotopic (exact) mass is 318 g/mol. The highest BCUT2D eigenvalue weighted by atomic mass is 79.9. The van der Waals surface area contributed by atoms with Crippen molar-refractivity contribution in [2.24, 2.45) is 0 Å². The van der Waals surface area contributed by atoms with E-state index in [2.05, 4.69) is 20.7 Å². The smallest absolute Gasteiger partial charge is 0.331 e. The highest BCUT2D eigenvalue weighted by Gasteiger charge is 2.10. The Hall–Kier alpha value is -1.14. The third kappa shape index (κ3) is 4.32. The Kier molecular flexibility index (Phi) is 4.89. The van der Waals surface area contributed by atoms with Crippen molar-refractivity contribution in [2.45, 2.75) is 11.8 Å². The number of carbonyl (C=O) groups excluding carboxylic acids is 1. The summed E-state index contributed by atoms with van der Waals surface area (Å²) in [6, 6.07) is 6.14. The van der Waals surface area contributed by atoms with Crippen LogP contribution in [0.1, 0.15) is 6.92 Å². The van der Waals surface area contributed by atoms with Gasteiger partial charge in [0.15, 0.2) is 9.84 Å². The molecule has 17 heavy (non-hydrogen) atoms. The molecule has 1 aromatic carbocycles. The third-order valence-electron chi connectivity index (χ3n) is 1.81. The van der Waals surface area contributed by atoms with Gasteiger partial charge in [-0.3, -0.25) is 0 Å². The second-order valence-electron chi connectivity index (χ2n) is 3.05. The lowest BCUT2D eigenvalue weighted by atomic mass is 10.4. The normalized spacial score (nSPS) is 11.6. The average molecular weight is 319 g/mol. The molecule has 0 aliphatic heterocycles. The molecule has 0 heterocycles. The van der Waals surface area contributed by atoms with Crippen LogP contribution >= 0.6 is 15.9 Å². The van der Waals surface area contributed by atoms with Gasteiger partial charge in [0.1, 0.15) is 0 Å². The number of esters is 1. The fourth-order valence-electron chi connectivity index (χ4n) is 1.04. The van der Waals surface area contributed by atoms with Crippen LogP contribution in [0.15, 0.2) is 45.1 Å². The molecule has 1 rings (SSSR count). The molecule has 92 valence electrons. The van der Waals surface area contributed by atoms with Crippen LogP contribution in [0.25, 0.3) is 0 Å². The van der Waals surface area contributed by atoms with Gasteiger partial charge in [0.25, 0.3) is 0 Å². The summed E-state index contributed by atoms with van der Waals surface area (Å²) >= 11 is 3.21. The van der Waals surface area contributed by atoms with Crippen molar-refractivity contribution in [2.75, 3.05) is 6.61 Å². The molecule has 0 spiro atoms. The van der Waals surface area contributed by atoms with Crippen molar-refractivity contribution < 1.29 is 17.9 Å². The minimum absolute atomic E-state index is 0.126. The van der Waals surface area contributed by atoms with Crippen molar-refractivity contribution in [3.8, 4) is 0 Å². The summed E-state index contributed by atoms with van der Waals surface area (Å²) in [5.41, 5.74) is 0. The Labute approximate surface area is 108 Å². The number of ether oxygens (including phenoxy) is 1. The molecule has 6 heteroatoms. The summed E-state index contributed by atoms with van der Waals surface area (Å²) in [5.74, 6) is -0.673. The van der Waals surface area contributed by atoms with E-state index in [0.29, 0.717) is 0 Å². The summed E-state index contributed by atoms with van der Waals surface area (Å²) in [5, 5.41) is 0.841. The van der Waals surface area contributed by atoms with E-state index in [1.54, 1.807) is 19.1 Å². The van der Waals surface area contributed by atoms with Gasteiger partial charge in [-0.15, -0.1) is 0 Å². The first kappa shape index (κ1) is 13.9. The van der Waals surface area contributed by atoms with E-state index in [1.807, 2.05) is 0 Å². The zero-order valence-corrected chi connectivity index (χ0v) is 11.5. The van der Waals surface area contributed by atoms with Crippen LogP contribution in [0.4, 0.5) is 0 Å². The number of hydrogen-bond donors (Lipinski definition) is 0. The van der Waals surface area contributed by atoms with Crippen LogP contribution in [0.3, 0.4) is 0 Å². The number of halogens is 1. The largest absolute Gasteiger partial charge is 0.463 e. The molecule has 0 saturated carbocycles. The molecule has 0 amide bonds. The van der Waals surface area contributed by atoms with Gasteiger partial charge < -0.3 is 4.74 Å². The molecule has 0 N–H and O–H groups in total. The Balaban J connectivity index is 2.89. The van der Waals surface area contributed by atoms with E-state index in [9.17, 15) is 13.2 Å². The number of benzene rings is 1. The molecular formula is C11H11BrO4S. The van der Waals surface area contributed by atoms with Crippen LogP contribution in [-0.2, 0) is 19.4 Å². The predicted octanol–water partition coefficient (Wildman–Crippen LogP) is 2.30. The first-order valence-corrected chi connectivity index (χ1v) is 7.15. The molecule has 0 bridgehead atoms. The van der Waals surface area contributed by atoms with Gasteiger partial charge in [0, 0.05) is 16.0 Å². The molecule has 0 fully saturated rings. The molecule has 0 radical (unpaired) electrons. The number of rotatable bonds is 4. The molecule has 0 saturated heterocycles. The van der Waals surface area contributed by atoms with E-state index in [1.165, 1.54) is 12.1 Å². The van der Waals surface area contributed by atoms with E-state index in [4.69, 9.17) is 0 Å². The highest BCUT2D eigenvalue weighted by Crippen LogP contribution is 2.16. The van der Waals surface area contributed by atoms with Gasteiger partial charge in [0.05, 0.1) is 11.5 Å². The Morgan fingerprint density at radius 2 is 1.94 bits per heavy atom. The maximum atomic E-state index is 11.7. The lowest BCUT2D eigenvalue weighted by Crippen LogP contribution is -2.02. The molecule has 0 unspecified atom stereocenters. The molecular weight excluding hydrogens is 308 g/mol. The van der Waals surface area contributed by atoms with E-state index in [0.717, 1.165) is 16.0 Å². The van der Waals surface area contributed by atoms with Gasteiger partial charge in [-0.2, -0.15) is 0 Å². The SMILES string of the molecule is CCOC(=O)/C=C\S(=O)(=O)c1ccc(Br)cc1. The van der Waals surface area contributed by atoms with Gasteiger partial charge >= 0.3 is 5.97 Å². The Morgan fingerprint density at radius 1 is 1.35 bits per heavy atom. The molecule has 0 aliphatic rings. The van der Waals surface area contributed by atoms with E-state index < -0.39 is 15.8 Å². The molecule has 0 atom stereocenters. The standard InChI is InChI=1S/C11H11BrO4S/c1-2-16-11(13)7-8-17(14,15)10-5-3-9(12)4-6-10/h3-8H,2H2,1H3/b8-7-. The average Bonchev–Trinajstić information content (AvgIpc) is 2.28. The minimum atomic E-state index is -3.59. The van der Waals surface area contributed by atoms with Crippen molar-refractivity contribution >= 4 is 31.7 Å². The Morgan fingerprint density at radius 3 is 2.47 bits per heavy atom. The second kappa shape index (κ2) is 5.97. The van der Waals surface area contributed by atoms with Crippen LogP contribution in [0.5, 0.6) is 0 Å². The zero-order valence-electron chi connectivity index (χ0n) is 9.09. The van der Waals surface area contributed by atoms with Gasteiger partial charge in [-0.1, -0.05) is 15.9 Å². The van der Waals surface area contributed by atoms with Crippen molar-refractivity contribution in [3.63, 3.8) is 0 Å². The van der Waals surface area contributed by atoms with Gasteiger partial charge in [0.2, 0.25) is 0 Å². The summed E-state index contributed by atoms with van der Waals surface area (Å²) in [6.07, 6.45) is 0.904. The molecule has 1 aromatic rings. The first-order chi connectivity index (χ1) is 7.95. The predicted molar refractivity (Wildman–Crippen MR) is 67.1 cm³/mol. The van der Waals surface area contributed by atoms with Crippen LogP contribution in [0, 0.1) is 0 Å². The topological polar surface area (TPSA) is 60.4 Å². The molecule has 0 aliphatic carbocycles. The maximum Gasteiger partial charge on any atom is 0.331 e. The molecule has 4 nitrogen and oxygen atoms in total. The quantitative estimate of drug-likeness (QED) is 0.631. The number of sulfone groups is 1. The van der Waals surface area contributed by atoms with Crippen molar-refractivity contribution in [1.82, 2.24) is 0 Å². The van der Waals surface area contributed by atoms with E-state index in [-0.39, 0.29) is 11.5 Å².